The van der Waals surface area contributed by atoms with Crippen molar-refractivity contribution in [3.05, 3.63) is 12.2 Å². The number of hydrogen-bond donors (Lipinski definition) is 0. The van der Waals surface area contributed by atoms with Crippen molar-refractivity contribution in [1.82, 2.24) is 0 Å². The molecule has 6 unspecified atom stereocenters. The van der Waals surface area contributed by atoms with Crippen molar-refractivity contribution in [2.24, 2.45) is 11.8 Å². The highest BCUT2D eigenvalue weighted by molar-refractivity contribution is 5.87. The van der Waals surface area contributed by atoms with Gasteiger partial charge in [-0.05, 0) is 38.5 Å². The van der Waals surface area contributed by atoms with Gasteiger partial charge in [0, 0.05) is 5.57 Å². The lowest BCUT2D eigenvalue weighted by atomic mass is 9.63. The summed E-state index contributed by atoms with van der Waals surface area (Å²) in [6, 6.07) is 0. The number of esters is 1. The molecule has 2 aliphatic carbocycles. The summed E-state index contributed by atoms with van der Waals surface area (Å²) in [6.07, 6.45) is 1.72. The summed E-state index contributed by atoms with van der Waals surface area (Å²) in [4.78, 5) is 11.9. The quantitative estimate of drug-likeness (QED) is 0.576. The Balaban J connectivity index is 1.85. The van der Waals surface area contributed by atoms with E-state index in [-0.39, 0.29) is 23.8 Å². The Bertz CT molecular complexity index is 459. The summed E-state index contributed by atoms with van der Waals surface area (Å²) in [6.45, 7) is 12.3. The van der Waals surface area contributed by atoms with Crippen LogP contribution in [0, 0.1) is 11.8 Å². The Morgan fingerprint density at radius 2 is 1.90 bits per heavy atom. The van der Waals surface area contributed by atoms with Crippen molar-refractivity contribution in [2.75, 3.05) is 6.61 Å². The zero-order valence-corrected chi connectivity index (χ0v) is 12.8. The molecule has 1 aliphatic heterocycles. The van der Waals surface area contributed by atoms with E-state index in [0.29, 0.717) is 24.0 Å². The Morgan fingerprint density at radius 3 is 2.40 bits per heavy atom. The van der Waals surface area contributed by atoms with Crippen LogP contribution in [0.25, 0.3) is 0 Å². The number of carbonyl (C=O) groups is 1. The lowest BCUT2D eigenvalue weighted by Crippen LogP contribution is -2.72. The number of ether oxygens (including phenoxy) is 3. The van der Waals surface area contributed by atoms with Crippen molar-refractivity contribution in [3.8, 4) is 0 Å². The molecule has 112 valence electrons. The van der Waals surface area contributed by atoms with Crippen LogP contribution in [-0.4, -0.2) is 36.0 Å². The molecule has 20 heavy (non-hydrogen) atoms. The van der Waals surface area contributed by atoms with E-state index in [4.69, 9.17) is 14.2 Å². The predicted molar refractivity (Wildman–Crippen MR) is 74.2 cm³/mol. The molecule has 3 rings (SSSR count). The van der Waals surface area contributed by atoms with E-state index in [2.05, 4.69) is 20.4 Å². The van der Waals surface area contributed by atoms with Crippen LogP contribution in [0.1, 0.15) is 40.5 Å². The van der Waals surface area contributed by atoms with Crippen LogP contribution >= 0.6 is 0 Å². The fourth-order valence-corrected chi connectivity index (χ4v) is 4.02. The maximum Gasteiger partial charge on any atom is 0.333 e. The van der Waals surface area contributed by atoms with Crippen LogP contribution < -0.4 is 0 Å². The van der Waals surface area contributed by atoms with Gasteiger partial charge in [0.2, 0.25) is 0 Å². The summed E-state index contributed by atoms with van der Waals surface area (Å²) in [5.74, 6) is 0.441. The third kappa shape index (κ3) is 1.70. The number of rotatable bonds is 2. The molecule has 2 saturated carbocycles. The van der Waals surface area contributed by atoms with E-state index in [0.717, 1.165) is 12.8 Å². The highest BCUT2D eigenvalue weighted by Crippen LogP contribution is 2.65. The molecular weight excluding hydrogens is 256 g/mol. The molecule has 0 N–H and O–H groups in total. The summed E-state index contributed by atoms with van der Waals surface area (Å²) in [5, 5.41) is 0. The molecule has 2 spiro atoms. The van der Waals surface area contributed by atoms with Gasteiger partial charge in [0.1, 0.15) is 17.3 Å². The normalized spacial score (nSPS) is 49.8. The highest BCUT2D eigenvalue weighted by atomic mass is 16.6. The average Bonchev–Trinajstić information content (AvgIpc) is 3.02. The van der Waals surface area contributed by atoms with Gasteiger partial charge in [0.25, 0.3) is 0 Å². The van der Waals surface area contributed by atoms with Crippen LogP contribution in [0.3, 0.4) is 0 Å². The van der Waals surface area contributed by atoms with Gasteiger partial charge < -0.3 is 14.2 Å². The third-order valence-electron chi connectivity index (χ3n) is 5.13. The summed E-state index contributed by atoms with van der Waals surface area (Å²) >= 11 is 0. The van der Waals surface area contributed by atoms with Crippen LogP contribution in [0.4, 0.5) is 0 Å². The van der Waals surface area contributed by atoms with Crippen LogP contribution in [0.5, 0.6) is 0 Å². The Kier molecular flexibility index (Phi) is 3.04. The van der Waals surface area contributed by atoms with E-state index in [1.165, 1.54) is 0 Å². The second kappa shape index (κ2) is 4.31. The molecule has 0 amide bonds. The van der Waals surface area contributed by atoms with E-state index in [9.17, 15) is 4.79 Å². The lowest BCUT2D eigenvalue weighted by Gasteiger charge is -2.59. The molecule has 0 radical (unpaired) electrons. The molecule has 3 aliphatic rings. The number of carbonyl (C=O) groups excluding carboxylic acids is 1. The largest absolute Gasteiger partial charge is 0.456 e. The molecule has 1 saturated heterocycles. The second-order valence-corrected chi connectivity index (χ2v) is 6.91. The second-order valence-electron chi connectivity index (χ2n) is 6.91. The molecule has 3 fully saturated rings. The summed E-state index contributed by atoms with van der Waals surface area (Å²) < 4.78 is 18.1. The van der Waals surface area contributed by atoms with Crippen molar-refractivity contribution in [3.63, 3.8) is 0 Å². The van der Waals surface area contributed by atoms with Gasteiger partial charge in [-0.1, -0.05) is 20.4 Å². The molecule has 4 nitrogen and oxygen atoms in total. The SMILES string of the molecule is C=C(C)C(=O)OC1C(C)CC12OC(C)COC21CC1C. The topological polar surface area (TPSA) is 44.8 Å². The first-order valence-corrected chi connectivity index (χ1v) is 7.50. The molecule has 4 heteroatoms. The summed E-state index contributed by atoms with van der Waals surface area (Å²) in [7, 11) is 0. The minimum absolute atomic E-state index is 0.0481. The maximum absolute atomic E-state index is 11.9. The maximum atomic E-state index is 11.9. The molecule has 6 atom stereocenters. The minimum atomic E-state index is -0.450. The molecule has 0 aromatic heterocycles. The highest BCUT2D eigenvalue weighted by Gasteiger charge is 2.77. The zero-order valence-electron chi connectivity index (χ0n) is 12.8. The van der Waals surface area contributed by atoms with Gasteiger partial charge in [-0.3, -0.25) is 0 Å². The van der Waals surface area contributed by atoms with Crippen molar-refractivity contribution in [2.45, 2.75) is 63.9 Å². The van der Waals surface area contributed by atoms with E-state index < -0.39 is 5.60 Å². The predicted octanol–water partition coefficient (Wildman–Crippen LogP) is 2.47. The lowest BCUT2D eigenvalue weighted by molar-refractivity contribution is -0.333. The first-order chi connectivity index (χ1) is 9.32. The Labute approximate surface area is 120 Å². The van der Waals surface area contributed by atoms with Crippen LogP contribution in [0.2, 0.25) is 0 Å². The number of hydrogen-bond acceptors (Lipinski definition) is 4. The van der Waals surface area contributed by atoms with Crippen LogP contribution in [0.15, 0.2) is 12.2 Å². The van der Waals surface area contributed by atoms with Crippen LogP contribution in [-0.2, 0) is 19.0 Å². The van der Waals surface area contributed by atoms with Gasteiger partial charge in [-0.15, -0.1) is 0 Å². The van der Waals surface area contributed by atoms with E-state index in [1.54, 1.807) is 6.92 Å². The minimum Gasteiger partial charge on any atom is -0.456 e. The fraction of sp³-hybridized carbons (Fsp3) is 0.812. The first-order valence-electron chi connectivity index (χ1n) is 7.50. The van der Waals surface area contributed by atoms with Crippen molar-refractivity contribution in [1.29, 1.82) is 0 Å². The van der Waals surface area contributed by atoms with E-state index >= 15 is 0 Å². The van der Waals surface area contributed by atoms with Gasteiger partial charge in [0.05, 0.1) is 12.7 Å². The van der Waals surface area contributed by atoms with Gasteiger partial charge >= 0.3 is 5.97 Å². The fourth-order valence-electron chi connectivity index (χ4n) is 4.02. The monoisotopic (exact) mass is 280 g/mol. The standard InChI is InChI=1S/C16H24O4/c1-9(2)14(17)19-13-10(3)6-16(13)15(7-11(15)4)18-8-12(5)20-16/h10-13H,1,6-8H2,2-5H3. The average molecular weight is 280 g/mol. The number of fused-ring (bicyclic) bond motifs is 1. The van der Waals surface area contributed by atoms with Gasteiger partial charge in [-0.2, -0.15) is 0 Å². The molecular formula is C16H24O4. The molecule has 1 heterocycles. The first kappa shape index (κ1) is 14.1. The third-order valence-corrected chi connectivity index (χ3v) is 5.13. The van der Waals surface area contributed by atoms with Crippen molar-refractivity contribution >= 4 is 5.97 Å². The Hall–Kier alpha value is -0.870. The Morgan fingerprint density at radius 1 is 1.25 bits per heavy atom. The molecule has 0 aromatic carbocycles. The molecule has 0 bridgehead atoms. The smallest absolute Gasteiger partial charge is 0.333 e. The van der Waals surface area contributed by atoms with Gasteiger partial charge in [0.15, 0.2) is 0 Å². The van der Waals surface area contributed by atoms with E-state index in [1.807, 2.05) is 6.92 Å². The zero-order chi connectivity index (χ0) is 14.7. The molecule has 0 aromatic rings. The van der Waals surface area contributed by atoms with Gasteiger partial charge in [-0.25, -0.2) is 4.79 Å². The summed E-state index contributed by atoms with van der Waals surface area (Å²) in [5.41, 5.74) is -0.261. The van der Waals surface area contributed by atoms with Crippen molar-refractivity contribution < 1.29 is 19.0 Å².